The van der Waals surface area contributed by atoms with Crippen LogP contribution in [0.2, 0.25) is 0 Å². The number of halogens is 4. The number of carbonyl (C=O) groups is 1. The van der Waals surface area contributed by atoms with E-state index < -0.39 is 35.6 Å². The Morgan fingerprint density at radius 3 is 2.44 bits per heavy atom. The number of ether oxygens (including phenoxy) is 1. The maximum atomic E-state index is 13.6. The molecule has 3 fully saturated rings. The van der Waals surface area contributed by atoms with Crippen molar-refractivity contribution in [3.63, 3.8) is 0 Å². The third-order valence-corrected chi connectivity index (χ3v) is 8.74. The summed E-state index contributed by atoms with van der Waals surface area (Å²) in [5.74, 6) is 0.0514. The quantitative estimate of drug-likeness (QED) is 0.422. The van der Waals surface area contributed by atoms with Crippen molar-refractivity contribution in [1.29, 1.82) is 0 Å². The van der Waals surface area contributed by atoms with Crippen LogP contribution in [0.25, 0.3) is 11.1 Å². The van der Waals surface area contributed by atoms with Crippen molar-refractivity contribution >= 4 is 11.8 Å². The van der Waals surface area contributed by atoms with Gasteiger partial charge in [0, 0.05) is 38.3 Å². The summed E-state index contributed by atoms with van der Waals surface area (Å²) >= 11 is 0. The maximum absolute atomic E-state index is 13.6. The molecule has 0 unspecified atom stereocenters. The van der Waals surface area contributed by atoms with Gasteiger partial charge in [0.05, 0.1) is 11.8 Å². The van der Waals surface area contributed by atoms with Crippen molar-refractivity contribution in [2.45, 2.75) is 63.3 Å². The molecule has 1 aliphatic carbocycles. The molecule has 6 rings (SSSR count). The lowest BCUT2D eigenvalue weighted by Crippen LogP contribution is -2.61. The minimum absolute atomic E-state index is 0.157. The van der Waals surface area contributed by atoms with Crippen LogP contribution in [0.5, 0.6) is 5.75 Å². The van der Waals surface area contributed by atoms with Crippen molar-refractivity contribution in [2.75, 3.05) is 32.8 Å². The lowest BCUT2D eigenvalue weighted by atomic mass is 9.80. The zero-order chi connectivity index (χ0) is 29.0. The maximum Gasteiger partial charge on any atom is 0.422 e. The van der Waals surface area contributed by atoms with Gasteiger partial charge in [-0.1, -0.05) is 23.4 Å². The molecule has 7 nitrogen and oxygen atoms in total. The molecule has 2 aromatic carbocycles. The second-order valence-electron chi connectivity index (χ2n) is 12.2. The first-order valence-electron chi connectivity index (χ1n) is 14.0. The summed E-state index contributed by atoms with van der Waals surface area (Å²) in [7, 11) is 0. The first kappa shape index (κ1) is 27.8. The molecule has 1 spiro atoms. The predicted molar refractivity (Wildman–Crippen MR) is 143 cm³/mol. The fraction of sp³-hybridized carbons (Fsp3) is 0.533. The number of amidine groups is 1. The molecule has 0 bridgehead atoms. The topological polar surface area (TPSA) is 74.6 Å². The predicted octanol–water partition coefficient (Wildman–Crippen LogP) is 5.79. The van der Waals surface area contributed by atoms with Crippen LogP contribution in [-0.2, 0) is 16.2 Å². The van der Waals surface area contributed by atoms with Gasteiger partial charge in [-0.05, 0) is 73.4 Å². The minimum Gasteiger partial charge on any atom is -0.483 e. The van der Waals surface area contributed by atoms with Crippen molar-refractivity contribution < 1.29 is 37.0 Å². The van der Waals surface area contributed by atoms with Gasteiger partial charge < -0.3 is 19.6 Å². The van der Waals surface area contributed by atoms with Crippen LogP contribution in [0, 0.1) is 11.2 Å². The van der Waals surface area contributed by atoms with E-state index in [1.54, 1.807) is 25.1 Å². The number of likely N-dealkylation sites (tertiary alicyclic amines) is 2. The third-order valence-electron chi connectivity index (χ3n) is 8.74. The molecular weight excluding hydrogens is 542 g/mol. The first-order valence-corrected chi connectivity index (χ1v) is 14.0. The van der Waals surface area contributed by atoms with E-state index in [9.17, 15) is 27.5 Å². The fourth-order valence-electron chi connectivity index (χ4n) is 6.16. The molecule has 1 N–H and O–H groups in total. The highest BCUT2D eigenvalue weighted by Gasteiger charge is 2.51. The van der Waals surface area contributed by atoms with Crippen molar-refractivity contribution in [2.24, 2.45) is 10.6 Å². The fourth-order valence-corrected chi connectivity index (χ4v) is 6.16. The Morgan fingerprint density at radius 1 is 1.15 bits per heavy atom. The first-order chi connectivity index (χ1) is 19.4. The van der Waals surface area contributed by atoms with Crippen molar-refractivity contribution in [3.05, 3.63) is 53.3 Å². The van der Waals surface area contributed by atoms with Gasteiger partial charge in [-0.15, -0.1) is 0 Å². The van der Waals surface area contributed by atoms with Crippen molar-refractivity contribution in [1.82, 2.24) is 9.80 Å². The lowest BCUT2D eigenvalue weighted by molar-refractivity contribution is -0.153. The van der Waals surface area contributed by atoms with E-state index >= 15 is 0 Å². The van der Waals surface area contributed by atoms with Crippen LogP contribution < -0.4 is 4.74 Å². The number of carboxylic acids is 1. The van der Waals surface area contributed by atoms with Crippen LogP contribution in [0.3, 0.4) is 0 Å². The van der Waals surface area contributed by atoms with Gasteiger partial charge in [0.1, 0.15) is 17.4 Å². The highest BCUT2D eigenvalue weighted by Crippen LogP contribution is 2.49. The molecule has 220 valence electrons. The third kappa shape index (κ3) is 5.86. The Balaban J connectivity index is 1.15. The second kappa shape index (κ2) is 10.2. The average Bonchev–Trinajstić information content (AvgIpc) is 3.66. The summed E-state index contributed by atoms with van der Waals surface area (Å²) in [5, 5.41) is 13.8. The van der Waals surface area contributed by atoms with Crippen LogP contribution in [0.1, 0.15) is 56.1 Å². The van der Waals surface area contributed by atoms with E-state index in [0.717, 1.165) is 29.8 Å². The monoisotopic (exact) mass is 575 g/mol. The van der Waals surface area contributed by atoms with Gasteiger partial charge in [-0.25, -0.2) is 4.39 Å². The highest BCUT2D eigenvalue weighted by molar-refractivity contribution is 5.85. The molecular formula is C30H33F4N3O4. The SMILES string of the molecule is CC1(C(=O)O)CCN(C2=NOC3(C2)CN(Cc2cc(OCC(F)(F)F)c(-c4ccc(F)cc4)c(C4CC4)c2)C3)CC1. The molecule has 11 heteroatoms. The second-order valence-corrected chi connectivity index (χ2v) is 12.2. The summed E-state index contributed by atoms with van der Waals surface area (Å²) in [6, 6.07) is 9.49. The standard InChI is InChI=1S/C30H33F4N3O4/c1-28(27(38)39)8-10-37(11-9-28)25-14-29(41-35-25)16-36(17-29)15-19-12-23(20-2-3-20)26(21-4-6-22(31)7-5-21)24(13-19)40-18-30(32,33)34/h4-7,12-13,20H,2-3,8-11,14-18H2,1H3,(H,38,39). The molecule has 4 aliphatic rings. The van der Waals surface area contributed by atoms with E-state index in [4.69, 9.17) is 9.57 Å². The molecule has 2 aromatic rings. The Kier molecular flexibility index (Phi) is 6.91. The molecule has 41 heavy (non-hydrogen) atoms. The summed E-state index contributed by atoms with van der Waals surface area (Å²) in [6.07, 6.45) is -0.854. The van der Waals surface area contributed by atoms with Gasteiger partial charge in [-0.2, -0.15) is 13.2 Å². The molecule has 3 heterocycles. The van der Waals surface area contributed by atoms with Crippen LogP contribution in [-0.4, -0.2) is 71.3 Å². The molecule has 1 saturated carbocycles. The van der Waals surface area contributed by atoms with E-state index in [1.807, 2.05) is 6.07 Å². The number of benzene rings is 2. The van der Waals surface area contributed by atoms with E-state index in [1.165, 1.54) is 12.1 Å². The van der Waals surface area contributed by atoms with Crippen LogP contribution in [0.4, 0.5) is 17.6 Å². The van der Waals surface area contributed by atoms with Crippen LogP contribution in [0.15, 0.2) is 41.6 Å². The average molecular weight is 576 g/mol. The Labute approximate surface area is 235 Å². The van der Waals surface area contributed by atoms with Gasteiger partial charge in [0.2, 0.25) is 0 Å². The van der Waals surface area contributed by atoms with Crippen molar-refractivity contribution in [3.8, 4) is 16.9 Å². The Hall–Kier alpha value is -3.34. The van der Waals surface area contributed by atoms with E-state index in [-0.39, 0.29) is 11.7 Å². The number of oxime groups is 1. The number of alkyl halides is 3. The normalized spacial score (nSPS) is 21.8. The summed E-state index contributed by atoms with van der Waals surface area (Å²) in [4.78, 5) is 21.7. The van der Waals surface area contributed by atoms with Gasteiger partial charge >= 0.3 is 12.1 Å². The number of hydrogen-bond donors (Lipinski definition) is 1. The lowest BCUT2D eigenvalue weighted by Gasteiger charge is -2.46. The molecule has 2 saturated heterocycles. The number of nitrogens with zero attached hydrogens (tertiary/aromatic N) is 3. The molecule has 0 aromatic heterocycles. The summed E-state index contributed by atoms with van der Waals surface area (Å²) < 4.78 is 58.4. The molecule has 0 radical (unpaired) electrons. The van der Waals surface area contributed by atoms with E-state index in [0.29, 0.717) is 63.1 Å². The van der Waals surface area contributed by atoms with Gasteiger partial charge in [0.15, 0.2) is 12.2 Å². The largest absolute Gasteiger partial charge is 0.483 e. The Bertz CT molecular complexity index is 1340. The molecule has 3 aliphatic heterocycles. The molecule has 0 atom stereocenters. The highest BCUT2D eigenvalue weighted by atomic mass is 19.4. The smallest absolute Gasteiger partial charge is 0.422 e. The van der Waals surface area contributed by atoms with Crippen LogP contribution >= 0.6 is 0 Å². The number of rotatable bonds is 7. The zero-order valence-electron chi connectivity index (χ0n) is 22.8. The summed E-state index contributed by atoms with van der Waals surface area (Å²) in [6.45, 7) is 3.39. The van der Waals surface area contributed by atoms with E-state index in [2.05, 4.69) is 15.0 Å². The Morgan fingerprint density at radius 2 is 1.83 bits per heavy atom. The summed E-state index contributed by atoms with van der Waals surface area (Å²) in [5.41, 5.74) is 1.86. The van der Waals surface area contributed by atoms with Gasteiger partial charge in [0.25, 0.3) is 0 Å². The number of aliphatic carboxylic acids is 1. The zero-order valence-corrected chi connectivity index (χ0v) is 22.8. The number of piperidine rings is 1. The van der Waals surface area contributed by atoms with Gasteiger partial charge in [-0.3, -0.25) is 9.69 Å². The number of hydrogen-bond acceptors (Lipinski definition) is 6. The molecule has 0 amide bonds. The minimum atomic E-state index is -4.49. The number of carboxylic acid groups (broad SMARTS) is 1.